The normalized spacial score (nSPS) is 12.9. The Kier molecular flexibility index (Phi) is 5.83. The molecule has 0 spiro atoms. The van der Waals surface area contributed by atoms with Crippen LogP contribution < -0.4 is 5.32 Å². The summed E-state index contributed by atoms with van der Waals surface area (Å²) >= 11 is 1.82. The molecule has 0 saturated carbocycles. The molecule has 2 aromatic rings. The first-order chi connectivity index (χ1) is 9.36. The van der Waals surface area contributed by atoms with Gasteiger partial charge in [-0.15, -0.1) is 11.3 Å². The summed E-state index contributed by atoms with van der Waals surface area (Å²) in [6, 6.07) is 8.92. The van der Waals surface area contributed by atoms with Crippen LogP contribution in [0.3, 0.4) is 0 Å². The highest BCUT2D eigenvalue weighted by atomic mass is 32.1. The lowest BCUT2D eigenvalue weighted by Gasteiger charge is -2.18. The van der Waals surface area contributed by atoms with E-state index in [2.05, 4.69) is 48.8 Å². The number of nitrogens with one attached hydrogen (secondary N) is 1. The molecule has 0 aliphatic carbocycles. The first-order valence-electron chi connectivity index (χ1n) is 7.14. The molecule has 0 aliphatic rings. The van der Waals surface area contributed by atoms with Crippen molar-refractivity contribution in [1.29, 1.82) is 0 Å². The third-order valence-electron chi connectivity index (χ3n) is 3.16. The predicted octanol–water partition coefficient (Wildman–Crippen LogP) is 4.37. The molecule has 0 bridgehead atoms. The zero-order valence-electron chi connectivity index (χ0n) is 11.8. The van der Waals surface area contributed by atoms with E-state index in [4.69, 9.17) is 4.74 Å². The first-order valence-corrected chi connectivity index (χ1v) is 8.02. The summed E-state index contributed by atoms with van der Waals surface area (Å²) in [7, 11) is 0. The monoisotopic (exact) mass is 277 g/mol. The lowest BCUT2D eigenvalue weighted by atomic mass is 10.1. The Hall–Kier alpha value is -0.900. The van der Waals surface area contributed by atoms with Crippen LogP contribution in [0.2, 0.25) is 0 Å². The van der Waals surface area contributed by atoms with Crippen LogP contribution >= 0.6 is 11.3 Å². The molecule has 1 unspecified atom stereocenters. The largest absolute Gasteiger partial charge is 0.379 e. The highest BCUT2D eigenvalue weighted by Gasteiger charge is 2.15. The van der Waals surface area contributed by atoms with E-state index >= 15 is 0 Å². The fraction of sp³-hybridized carbons (Fsp3) is 0.500. The Labute approximate surface area is 119 Å². The van der Waals surface area contributed by atoms with Crippen molar-refractivity contribution in [2.24, 2.45) is 0 Å². The number of hydrogen-bond acceptors (Lipinski definition) is 3. The van der Waals surface area contributed by atoms with E-state index in [-0.39, 0.29) is 0 Å². The molecule has 3 heteroatoms. The lowest BCUT2D eigenvalue weighted by molar-refractivity contribution is 0.112. The van der Waals surface area contributed by atoms with Gasteiger partial charge in [0, 0.05) is 11.3 Å². The van der Waals surface area contributed by atoms with Crippen molar-refractivity contribution in [2.75, 3.05) is 19.8 Å². The average Bonchev–Trinajstić information content (AvgIpc) is 2.87. The van der Waals surface area contributed by atoms with Crippen molar-refractivity contribution in [1.82, 2.24) is 5.32 Å². The van der Waals surface area contributed by atoms with Crippen LogP contribution in [0.4, 0.5) is 0 Å². The van der Waals surface area contributed by atoms with Gasteiger partial charge in [0.2, 0.25) is 0 Å². The van der Waals surface area contributed by atoms with Gasteiger partial charge in [-0.2, -0.15) is 0 Å². The molecule has 0 fully saturated rings. The summed E-state index contributed by atoms with van der Waals surface area (Å²) in [5.74, 6) is 0. The number of hydrogen-bond donors (Lipinski definition) is 1. The van der Waals surface area contributed by atoms with Crippen LogP contribution in [0.5, 0.6) is 0 Å². The van der Waals surface area contributed by atoms with Crippen LogP contribution in [0.25, 0.3) is 10.1 Å². The Bertz CT molecular complexity index is 494. The molecule has 2 rings (SSSR count). The summed E-state index contributed by atoms with van der Waals surface area (Å²) in [5, 5.41) is 7.24. The fourth-order valence-corrected chi connectivity index (χ4v) is 3.21. The molecule has 0 aliphatic heterocycles. The minimum atomic E-state index is 0.308. The van der Waals surface area contributed by atoms with Crippen molar-refractivity contribution in [3.63, 3.8) is 0 Å². The van der Waals surface area contributed by atoms with E-state index in [1.807, 2.05) is 11.3 Å². The zero-order chi connectivity index (χ0) is 13.5. The maximum atomic E-state index is 5.76. The van der Waals surface area contributed by atoms with Crippen LogP contribution in [0.1, 0.15) is 38.3 Å². The highest BCUT2D eigenvalue weighted by molar-refractivity contribution is 7.17. The van der Waals surface area contributed by atoms with E-state index in [1.54, 1.807) is 0 Å². The molecule has 0 saturated heterocycles. The SMILES string of the molecule is CCCNC(COCCC)c1csc2ccccc12. The first kappa shape index (κ1) is 14.5. The number of thiophene rings is 1. The second-order valence-electron chi connectivity index (χ2n) is 4.77. The fourth-order valence-electron chi connectivity index (χ4n) is 2.19. The number of ether oxygens (including phenoxy) is 1. The van der Waals surface area contributed by atoms with E-state index in [0.29, 0.717) is 6.04 Å². The van der Waals surface area contributed by atoms with Gasteiger partial charge in [-0.05, 0) is 41.8 Å². The molecule has 0 amide bonds. The van der Waals surface area contributed by atoms with Crippen molar-refractivity contribution in [2.45, 2.75) is 32.7 Å². The molecular weight excluding hydrogens is 254 g/mol. The van der Waals surface area contributed by atoms with Crippen LogP contribution in [0.15, 0.2) is 29.6 Å². The Balaban J connectivity index is 2.15. The summed E-state index contributed by atoms with van der Waals surface area (Å²) in [6.45, 7) is 6.97. The van der Waals surface area contributed by atoms with Crippen LogP contribution in [0, 0.1) is 0 Å². The van der Waals surface area contributed by atoms with Crippen LogP contribution in [-0.4, -0.2) is 19.8 Å². The van der Waals surface area contributed by atoms with E-state index in [9.17, 15) is 0 Å². The predicted molar refractivity (Wildman–Crippen MR) is 84.0 cm³/mol. The van der Waals surface area contributed by atoms with Crippen molar-refractivity contribution in [3.05, 3.63) is 35.2 Å². The van der Waals surface area contributed by atoms with Gasteiger partial charge in [-0.1, -0.05) is 32.0 Å². The number of rotatable bonds is 8. The van der Waals surface area contributed by atoms with Gasteiger partial charge in [0.1, 0.15) is 0 Å². The van der Waals surface area contributed by atoms with Gasteiger partial charge in [0.15, 0.2) is 0 Å². The summed E-state index contributed by atoms with van der Waals surface area (Å²) < 4.78 is 7.11. The Morgan fingerprint density at radius 1 is 1.21 bits per heavy atom. The minimum Gasteiger partial charge on any atom is -0.379 e. The molecule has 0 radical (unpaired) electrons. The van der Waals surface area contributed by atoms with Crippen molar-refractivity contribution < 1.29 is 4.74 Å². The molecule has 1 heterocycles. The van der Waals surface area contributed by atoms with Gasteiger partial charge in [-0.3, -0.25) is 0 Å². The minimum absolute atomic E-state index is 0.308. The third kappa shape index (κ3) is 3.78. The second kappa shape index (κ2) is 7.63. The maximum Gasteiger partial charge on any atom is 0.0661 e. The summed E-state index contributed by atoms with van der Waals surface area (Å²) in [6.07, 6.45) is 2.22. The molecule has 2 nitrogen and oxygen atoms in total. The topological polar surface area (TPSA) is 21.3 Å². The van der Waals surface area contributed by atoms with Crippen LogP contribution in [-0.2, 0) is 4.74 Å². The van der Waals surface area contributed by atoms with Crippen molar-refractivity contribution >= 4 is 21.4 Å². The smallest absolute Gasteiger partial charge is 0.0661 e. The molecule has 19 heavy (non-hydrogen) atoms. The van der Waals surface area contributed by atoms with E-state index in [1.165, 1.54) is 15.6 Å². The number of fused-ring (bicyclic) bond motifs is 1. The third-order valence-corrected chi connectivity index (χ3v) is 4.14. The van der Waals surface area contributed by atoms with Gasteiger partial charge in [0.25, 0.3) is 0 Å². The van der Waals surface area contributed by atoms with Gasteiger partial charge < -0.3 is 10.1 Å². The molecule has 1 N–H and O–H groups in total. The Morgan fingerprint density at radius 3 is 2.84 bits per heavy atom. The summed E-state index contributed by atoms with van der Waals surface area (Å²) in [5.41, 5.74) is 1.38. The molecule has 1 aromatic carbocycles. The van der Waals surface area contributed by atoms with Gasteiger partial charge in [-0.25, -0.2) is 0 Å². The Morgan fingerprint density at radius 2 is 2.05 bits per heavy atom. The average molecular weight is 277 g/mol. The molecule has 1 aromatic heterocycles. The molecule has 1 atom stereocenters. The van der Waals surface area contributed by atoms with E-state index < -0.39 is 0 Å². The summed E-state index contributed by atoms with van der Waals surface area (Å²) in [4.78, 5) is 0. The second-order valence-corrected chi connectivity index (χ2v) is 5.68. The quantitative estimate of drug-likeness (QED) is 0.723. The lowest BCUT2D eigenvalue weighted by Crippen LogP contribution is -2.26. The standard InChI is InChI=1S/C16H23NOS/c1-3-9-17-15(11-18-10-4-2)14-12-19-16-8-6-5-7-13(14)16/h5-8,12,15,17H,3-4,9-11H2,1-2H3. The molecular formula is C16H23NOS. The maximum absolute atomic E-state index is 5.76. The van der Waals surface area contributed by atoms with Gasteiger partial charge >= 0.3 is 0 Å². The van der Waals surface area contributed by atoms with Crippen molar-refractivity contribution in [3.8, 4) is 0 Å². The highest BCUT2D eigenvalue weighted by Crippen LogP contribution is 2.30. The van der Waals surface area contributed by atoms with Gasteiger partial charge in [0.05, 0.1) is 12.6 Å². The number of benzene rings is 1. The van der Waals surface area contributed by atoms with E-state index in [0.717, 1.165) is 32.6 Å². The zero-order valence-corrected chi connectivity index (χ0v) is 12.6. The molecule has 104 valence electrons.